The number of benzene rings is 1. The second-order valence-corrected chi connectivity index (χ2v) is 4.68. The highest BCUT2D eigenvalue weighted by Crippen LogP contribution is 2.20. The minimum Gasteiger partial charge on any atom is -0.439 e. The van der Waals surface area contributed by atoms with Gasteiger partial charge in [0.25, 0.3) is 0 Å². The molecule has 0 atom stereocenters. The van der Waals surface area contributed by atoms with Gasteiger partial charge >= 0.3 is 6.03 Å². The summed E-state index contributed by atoms with van der Waals surface area (Å²) >= 11 is 0. The first-order valence-electron chi connectivity index (χ1n) is 7.11. The van der Waals surface area contributed by atoms with E-state index in [4.69, 9.17) is 4.74 Å². The maximum atomic E-state index is 12.8. The molecule has 2 aromatic rings. The number of nitrogens with zero attached hydrogens (tertiary/aromatic N) is 1. The zero-order chi connectivity index (χ0) is 15.8. The van der Waals surface area contributed by atoms with Crippen LogP contribution in [0, 0.1) is 5.82 Å². The highest BCUT2D eigenvalue weighted by atomic mass is 19.1. The first-order chi connectivity index (χ1) is 10.7. The molecule has 0 radical (unpaired) electrons. The Morgan fingerprint density at radius 1 is 1.23 bits per heavy atom. The first kappa shape index (κ1) is 15.8. The lowest BCUT2D eigenvalue weighted by molar-refractivity contribution is 0.252. The molecule has 0 saturated carbocycles. The summed E-state index contributed by atoms with van der Waals surface area (Å²) in [5.41, 5.74) is 0.570. The first-order valence-corrected chi connectivity index (χ1v) is 7.11. The van der Waals surface area contributed by atoms with Gasteiger partial charge in [-0.25, -0.2) is 14.2 Å². The van der Waals surface area contributed by atoms with Gasteiger partial charge in [-0.15, -0.1) is 0 Å². The van der Waals surface area contributed by atoms with E-state index in [1.165, 1.54) is 30.5 Å². The van der Waals surface area contributed by atoms with E-state index in [0.717, 1.165) is 12.8 Å². The number of ether oxygens (including phenoxy) is 1. The molecule has 0 spiro atoms. The van der Waals surface area contributed by atoms with Crippen LogP contribution in [-0.2, 0) is 0 Å². The van der Waals surface area contributed by atoms with Gasteiger partial charge in [-0.05, 0) is 36.8 Å². The van der Waals surface area contributed by atoms with Crippen molar-refractivity contribution in [3.8, 4) is 11.6 Å². The maximum absolute atomic E-state index is 12.8. The second kappa shape index (κ2) is 7.97. The van der Waals surface area contributed by atoms with Crippen LogP contribution in [0.15, 0.2) is 42.6 Å². The van der Waals surface area contributed by atoms with Gasteiger partial charge in [0.15, 0.2) is 0 Å². The topological polar surface area (TPSA) is 63.2 Å². The van der Waals surface area contributed by atoms with E-state index < -0.39 is 0 Å². The molecule has 22 heavy (non-hydrogen) atoms. The van der Waals surface area contributed by atoms with Crippen LogP contribution in [0.25, 0.3) is 0 Å². The standard InChI is InChI=1S/C16H18FN3O2/c1-2-3-10-18-16(21)20-13-6-9-15(19-11-13)22-14-7-4-12(17)5-8-14/h4-9,11H,2-3,10H2,1H3,(H2,18,20,21). The van der Waals surface area contributed by atoms with Crippen molar-refractivity contribution in [1.82, 2.24) is 10.3 Å². The Morgan fingerprint density at radius 2 is 2.00 bits per heavy atom. The molecule has 5 nitrogen and oxygen atoms in total. The quantitative estimate of drug-likeness (QED) is 0.795. The second-order valence-electron chi connectivity index (χ2n) is 4.68. The predicted octanol–water partition coefficient (Wildman–Crippen LogP) is 3.93. The summed E-state index contributed by atoms with van der Waals surface area (Å²) < 4.78 is 18.3. The van der Waals surface area contributed by atoms with Crippen molar-refractivity contribution >= 4 is 11.7 Å². The Kier molecular flexibility index (Phi) is 5.71. The van der Waals surface area contributed by atoms with Crippen LogP contribution < -0.4 is 15.4 Å². The van der Waals surface area contributed by atoms with Crippen LogP contribution in [0.4, 0.5) is 14.9 Å². The largest absolute Gasteiger partial charge is 0.439 e. The lowest BCUT2D eigenvalue weighted by Crippen LogP contribution is -2.29. The monoisotopic (exact) mass is 303 g/mol. The van der Waals surface area contributed by atoms with Crippen molar-refractivity contribution in [2.45, 2.75) is 19.8 Å². The fourth-order valence-electron chi connectivity index (χ4n) is 1.69. The predicted molar refractivity (Wildman–Crippen MR) is 82.6 cm³/mol. The van der Waals surface area contributed by atoms with Gasteiger partial charge < -0.3 is 15.4 Å². The van der Waals surface area contributed by atoms with Gasteiger partial charge in [0.1, 0.15) is 11.6 Å². The van der Waals surface area contributed by atoms with Crippen molar-refractivity contribution in [2.24, 2.45) is 0 Å². The Balaban J connectivity index is 1.87. The molecule has 6 heteroatoms. The summed E-state index contributed by atoms with van der Waals surface area (Å²) in [5, 5.41) is 5.43. The highest BCUT2D eigenvalue weighted by Gasteiger charge is 2.03. The lowest BCUT2D eigenvalue weighted by Gasteiger charge is -2.08. The molecule has 116 valence electrons. The molecular weight excluding hydrogens is 285 g/mol. The Morgan fingerprint density at radius 3 is 2.64 bits per heavy atom. The molecule has 2 rings (SSSR count). The molecule has 1 aromatic carbocycles. The molecule has 1 aromatic heterocycles. The maximum Gasteiger partial charge on any atom is 0.319 e. The number of hydrogen-bond acceptors (Lipinski definition) is 3. The number of pyridine rings is 1. The number of amides is 2. The molecule has 0 bridgehead atoms. The molecule has 0 fully saturated rings. The fraction of sp³-hybridized carbons (Fsp3) is 0.250. The summed E-state index contributed by atoms with van der Waals surface area (Å²) in [7, 11) is 0. The van der Waals surface area contributed by atoms with E-state index in [9.17, 15) is 9.18 Å². The number of aromatic nitrogens is 1. The number of anilines is 1. The summed E-state index contributed by atoms with van der Waals surface area (Å²) in [4.78, 5) is 15.7. The summed E-state index contributed by atoms with van der Waals surface area (Å²) in [6, 6.07) is 8.71. The van der Waals surface area contributed by atoms with Crippen molar-refractivity contribution in [3.05, 3.63) is 48.4 Å². The number of unbranched alkanes of at least 4 members (excludes halogenated alkanes) is 1. The van der Waals surface area contributed by atoms with Crippen molar-refractivity contribution in [2.75, 3.05) is 11.9 Å². The molecule has 1 heterocycles. The van der Waals surface area contributed by atoms with Crippen LogP contribution in [0.3, 0.4) is 0 Å². The number of urea groups is 1. The Labute approximate surface area is 128 Å². The molecular formula is C16H18FN3O2. The van der Waals surface area contributed by atoms with Crippen molar-refractivity contribution in [3.63, 3.8) is 0 Å². The number of carbonyl (C=O) groups excluding carboxylic acids is 1. The van der Waals surface area contributed by atoms with Gasteiger partial charge in [-0.2, -0.15) is 0 Å². The van der Waals surface area contributed by atoms with Gasteiger partial charge in [-0.1, -0.05) is 13.3 Å². The minimum absolute atomic E-state index is 0.262. The van der Waals surface area contributed by atoms with E-state index in [1.54, 1.807) is 12.1 Å². The van der Waals surface area contributed by atoms with E-state index in [0.29, 0.717) is 23.9 Å². The fourth-order valence-corrected chi connectivity index (χ4v) is 1.69. The zero-order valence-electron chi connectivity index (χ0n) is 12.3. The molecule has 0 aliphatic heterocycles. The van der Waals surface area contributed by atoms with Gasteiger partial charge in [0, 0.05) is 12.6 Å². The summed E-state index contributed by atoms with van der Waals surface area (Å²) in [6.45, 7) is 2.70. The van der Waals surface area contributed by atoms with Crippen LogP contribution >= 0.6 is 0 Å². The summed E-state index contributed by atoms with van der Waals surface area (Å²) in [5.74, 6) is 0.532. The van der Waals surface area contributed by atoms with Crippen LogP contribution in [0.1, 0.15) is 19.8 Å². The summed E-state index contributed by atoms with van der Waals surface area (Å²) in [6.07, 6.45) is 3.46. The number of nitrogens with one attached hydrogen (secondary N) is 2. The lowest BCUT2D eigenvalue weighted by atomic mass is 10.3. The molecule has 0 saturated heterocycles. The molecule has 0 unspecified atom stereocenters. The number of hydrogen-bond donors (Lipinski definition) is 2. The number of halogens is 1. The molecule has 2 N–H and O–H groups in total. The van der Waals surface area contributed by atoms with E-state index in [-0.39, 0.29) is 11.8 Å². The van der Waals surface area contributed by atoms with Gasteiger partial charge in [0.05, 0.1) is 11.9 Å². The third kappa shape index (κ3) is 5.05. The van der Waals surface area contributed by atoms with Gasteiger partial charge in [0.2, 0.25) is 5.88 Å². The number of rotatable bonds is 6. The van der Waals surface area contributed by atoms with E-state index in [2.05, 4.69) is 22.5 Å². The molecule has 0 aliphatic carbocycles. The number of carbonyl (C=O) groups is 1. The normalized spacial score (nSPS) is 10.1. The molecule has 2 amide bonds. The van der Waals surface area contributed by atoms with Crippen LogP contribution in [-0.4, -0.2) is 17.6 Å². The van der Waals surface area contributed by atoms with Crippen LogP contribution in [0.5, 0.6) is 11.6 Å². The van der Waals surface area contributed by atoms with Gasteiger partial charge in [-0.3, -0.25) is 0 Å². The third-order valence-electron chi connectivity index (χ3n) is 2.85. The van der Waals surface area contributed by atoms with E-state index >= 15 is 0 Å². The smallest absolute Gasteiger partial charge is 0.319 e. The van der Waals surface area contributed by atoms with Crippen molar-refractivity contribution in [1.29, 1.82) is 0 Å². The zero-order valence-corrected chi connectivity index (χ0v) is 12.3. The average molecular weight is 303 g/mol. The minimum atomic E-state index is -0.325. The SMILES string of the molecule is CCCCNC(=O)Nc1ccc(Oc2ccc(F)cc2)nc1. The Hall–Kier alpha value is -2.63. The molecule has 0 aliphatic rings. The Bertz CT molecular complexity index is 600. The average Bonchev–Trinajstić information content (AvgIpc) is 2.52. The van der Waals surface area contributed by atoms with E-state index in [1.807, 2.05) is 0 Å². The highest BCUT2D eigenvalue weighted by molar-refractivity contribution is 5.88. The third-order valence-corrected chi connectivity index (χ3v) is 2.85. The van der Waals surface area contributed by atoms with Crippen LogP contribution in [0.2, 0.25) is 0 Å². The van der Waals surface area contributed by atoms with Crippen molar-refractivity contribution < 1.29 is 13.9 Å².